The van der Waals surface area contributed by atoms with Crippen molar-refractivity contribution in [3.63, 3.8) is 0 Å². The zero-order chi connectivity index (χ0) is 13.4. The number of hydrogen-bond acceptors (Lipinski definition) is 4. The molecule has 0 spiro atoms. The molecule has 0 radical (unpaired) electrons. The molecule has 0 aliphatic carbocycles. The number of fused-ring (bicyclic) bond motifs is 2. The van der Waals surface area contributed by atoms with Gasteiger partial charge in [-0.2, -0.15) is 0 Å². The highest BCUT2D eigenvalue weighted by atomic mass is 35.5. The van der Waals surface area contributed by atoms with E-state index >= 15 is 0 Å². The van der Waals surface area contributed by atoms with E-state index in [1.807, 2.05) is 17.5 Å². The van der Waals surface area contributed by atoms with Crippen LogP contribution < -0.4 is 10.6 Å². The number of carbonyl (C=O) groups is 1. The molecule has 0 bridgehead atoms. The Hall–Kier alpha value is -1.59. The average molecular weight is 294 g/mol. The first kappa shape index (κ1) is 12.4. The summed E-state index contributed by atoms with van der Waals surface area (Å²) in [4.78, 5) is 17.2. The molecule has 0 unspecified atom stereocenters. The summed E-state index contributed by atoms with van der Waals surface area (Å²) in [5.74, 6) is 0.479. The van der Waals surface area contributed by atoms with Crippen LogP contribution in [0, 0.1) is 0 Å². The summed E-state index contributed by atoms with van der Waals surface area (Å²) < 4.78 is 0. The van der Waals surface area contributed by atoms with Crippen LogP contribution in [-0.2, 0) is 0 Å². The van der Waals surface area contributed by atoms with E-state index in [1.165, 1.54) is 11.3 Å². The van der Waals surface area contributed by atoms with Gasteiger partial charge in [-0.15, -0.1) is 11.3 Å². The van der Waals surface area contributed by atoms with E-state index in [-0.39, 0.29) is 5.91 Å². The van der Waals surface area contributed by atoms with Crippen LogP contribution in [0.15, 0.2) is 38.9 Å². The number of nitrogens with zero attached hydrogens (tertiary/aromatic N) is 1. The van der Waals surface area contributed by atoms with Gasteiger partial charge in [0.15, 0.2) is 5.84 Å². The molecule has 98 valence electrons. The third-order valence-corrected chi connectivity index (χ3v) is 4.37. The first-order valence-corrected chi connectivity index (χ1v) is 7.27. The fourth-order valence-corrected chi connectivity index (χ4v) is 3.05. The monoisotopic (exact) mass is 293 g/mol. The second-order valence-corrected chi connectivity index (χ2v) is 5.56. The highest BCUT2D eigenvalue weighted by Gasteiger charge is 2.23. The standard InChI is InChI=1S/C13H12ClN3OS/c1-2-7-3-4-9-12(17-11(7)14)15-8-5-6-19-10(8)13(18)16-9/h4-6H,2-3H2,1H3,(H,15,17)(H,16,18). The molecule has 2 aliphatic heterocycles. The average Bonchev–Trinajstić information content (AvgIpc) is 2.74. The van der Waals surface area contributed by atoms with Crippen molar-refractivity contribution in [2.24, 2.45) is 4.99 Å². The third kappa shape index (κ3) is 2.19. The van der Waals surface area contributed by atoms with E-state index < -0.39 is 0 Å². The van der Waals surface area contributed by atoms with E-state index in [0.29, 0.717) is 33.7 Å². The number of allylic oxidation sites excluding steroid dienone is 2. The normalized spacial score (nSPS) is 18.3. The summed E-state index contributed by atoms with van der Waals surface area (Å²) >= 11 is 7.63. The molecule has 1 aromatic rings. The quantitative estimate of drug-likeness (QED) is 0.781. The number of thiophene rings is 1. The van der Waals surface area contributed by atoms with Gasteiger partial charge in [0, 0.05) is 0 Å². The van der Waals surface area contributed by atoms with Crippen LogP contribution in [0.4, 0.5) is 5.69 Å². The van der Waals surface area contributed by atoms with E-state index in [1.54, 1.807) is 0 Å². The van der Waals surface area contributed by atoms with Crippen LogP contribution in [0.3, 0.4) is 0 Å². The second-order valence-electron chi connectivity index (χ2n) is 4.27. The summed E-state index contributed by atoms with van der Waals surface area (Å²) in [6.45, 7) is 2.05. The minimum absolute atomic E-state index is 0.118. The molecule has 2 aliphatic rings. The molecule has 0 aromatic carbocycles. The Kier molecular flexibility index (Phi) is 3.16. The van der Waals surface area contributed by atoms with Crippen LogP contribution in [0.5, 0.6) is 0 Å². The van der Waals surface area contributed by atoms with Gasteiger partial charge in [-0.25, -0.2) is 4.99 Å². The minimum atomic E-state index is -0.118. The number of halogens is 1. The lowest BCUT2D eigenvalue weighted by Crippen LogP contribution is -2.31. The van der Waals surface area contributed by atoms with E-state index in [0.717, 1.165) is 12.0 Å². The fourth-order valence-electron chi connectivity index (χ4n) is 2.03. The van der Waals surface area contributed by atoms with Crippen molar-refractivity contribution in [1.29, 1.82) is 0 Å². The van der Waals surface area contributed by atoms with Crippen LogP contribution in [0.1, 0.15) is 29.4 Å². The van der Waals surface area contributed by atoms with E-state index in [2.05, 4.69) is 22.5 Å². The topological polar surface area (TPSA) is 53.5 Å². The highest BCUT2D eigenvalue weighted by molar-refractivity contribution is 7.12. The summed E-state index contributed by atoms with van der Waals surface area (Å²) in [7, 11) is 0. The maximum Gasteiger partial charge on any atom is 0.268 e. The second kappa shape index (κ2) is 4.83. The van der Waals surface area contributed by atoms with Crippen molar-refractivity contribution < 1.29 is 4.79 Å². The summed E-state index contributed by atoms with van der Waals surface area (Å²) in [5.41, 5.74) is 2.47. The molecule has 4 nitrogen and oxygen atoms in total. The predicted molar refractivity (Wildman–Crippen MR) is 77.9 cm³/mol. The third-order valence-electron chi connectivity index (χ3n) is 3.10. The molecule has 1 aromatic heterocycles. The van der Waals surface area contributed by atoms with Gasteiger partial charge in [0.1, 0.15) is 10.0 Å². The van der Waals surface area contributed by atoms with Crippen molar-refractivity contribution in [3.8, 4) is 0 Å². The SMILES string of the molecule is CCC1=C(Cl)NC2=Nc3ccsc3C(=O)NC2=CC1. The van der Waals surface area contributed by atoms with Crippen molar-refractivity contribution in [2.75, 3.05) is 0 Å². The zero-order valence-electron chi connectivity index (χ0n) is 10.3. The number of amides is 1. The smallest absolute Gasteiger partial charge is 0.268 e. The number of rotatable bonds is 1. The summed E-state index contributed by atoms with van der Waals surface area (Å²) in [6, 6.07) is 1.83. The van der Waals surface area contributed by atoms with Crippen molar-refractivity contribution >= 4 is 40.4 Å². The zero-order valence-corrected chi connectivity index (χ0v) is 11.9. The lowest BCUT2D eigenvalue weighted by Gasteiger charge is -2.09. The Bertz CT molecular complexity index is 642. The molecule has 19 heavy (non-hydrogen) atoms. The molecule has 3 rings (SSSR count). The lowest BCUT2D eigenvalue weighted by atomic mass is 10.1. The number of nitrogens with one attached hydrogen (secondary N) is 2. The Balaban J connectivity index is 2.08. The van der Waals surface area contributed by atoms with Gasteiger partial charge in [-0.3, -0.25) is 4.79 Å². The molecular weight excluding hydrogens is 282 g/mol. The van der Waals surface area contributed by atoms with Crippen LogP contribution in [0.25, 0.3) is 0 Å². The first-order chi connectivity index (χ1) is 9.19. The molecule has 2 N–H and O–H groups in total. The van der Waals surface area contributed by atoms with Gasteiger partial charge < -0.3 is 10.6 Å². The predicted octanol–water partition coefficient (Wildman–Crippen LogP) is 3.26. The van der Waals surface area contributed by atoms with Crippen LogP contribution >= 0.6 is 22.9 Å². The van der Waals surface area contributed by atoms with Crippen LogP contribution in [-0.4, -0.2) is 11.7 Å². The molecular formula is C13H12ClN3OS. The van der Waals surface area contributed by atoms with Crippen LogP contribution in [0.2, 0.25) is 0 Å². The van der Waals surface area contributed by atoms with Gasteiger partial charge in [-0.1, -0.05) is 24.6 Å². The molecule has 0 saturated heterocycles. The first-order valence-electron chi connectivity index (χ1n) is 6.01. The number of hydrogen-bond donors (Lipinski definition) is 2. The van der Waals surface area contributed by atoms with Gasteiger partial charge >= 0.3 is 0 Å². The summed E-state index contributed by atoms with van der Waals surface area (Å²) in [6.07, 6.45) is 3.53. The number of amidine groups is 1. The molecule has 0 fully saturated rings. The molecule has 1 amide bonds. The number of carbonyl (C=O) groups excluding carboxylic acids is 1. The molecule has 0 saturated carbocycles. The van der Waals surface area contributed by atoms with Crippen molar-refractivity contribution in [1.82, 2.24) is 10.6 Å². The van der Waals surface area contributed by atoms with Gasteiger partial charge in [0.05, 0.1) is 11.4 Å². The molecule has 6 heteroatoms. The van der Waals surface area contributed by atoms with E-state index in [4.69, 9.17) is 11.6 Å². The Morgan fingerprint density at radius 1 is 1.47 bits per heavy atom. The Labute approximate surface area is 119 Å². The maximum absolute atomic E-state index is 12.1. The van der Waals surface area contributed by atoms with Crippen molar-refractivity contribution in [2.45, 2.75) is 19.8 Å². The largest absolute Gasteiger partial charge is 0.329 e. The minimum Gasteiger partial charge on any atom is -0.329 e. The maximum atomic E-state index is 12.1. The molecule has 0 atom stereocenters. The fraction of sp³-hybridized carbons (Fsp3) is 0.231. The van der Waals surface area contributed by atoms with Gasteiger partial charge in [0.25, 0.3) is 5.91 Å². The Morgan fingerprint density at radius 2 is 2.32 bits per heavy atom. The molecule has 3 heterocycles. The lowest BCUT2D eigenvalue weighted by molar-refractivity contribution is 0.0973. The number of aliphatic imine (C=N–C) groups is 1. The van der Waals surface area contributed by atoms with Gasteiger partial charge in [-0.05, 0) is 29.9 Å². The highest BCUT2D eigenvalue weighted by Crippen LogP contribution is 2.29. The van der Waals surface area contributed by atoms with Crippen molar-refractivity contribution in [3.05, 3.63) is 38.8 Å². The van der Waals surface area contributed by atoms with E-state index in [9.17, 15) is 4.79 Å². The summed E-state index contributed by atoms with van der Waals surface area (Å²) in [5, 5.41) is 8.43. The Morgan fingerprint density at radius 3 is 3.11 bits per heavy atom. The van der Waals surface area contributed by atoms with Gasteiger partial charge in [0.2, 0.25) is 0 Å².